The van der Waals surface area contributed by atoms with Crippen molar-refractivity contribution in [1.82, 2.24) is 4.90 Å². The van der Waals surface area contributed by atoms with Gasteiger partial charge >= 0.3 is 5.97 Å². The molecule has 0 aromatic heterocycles. The maximum Gasteiger partial charge on any atom is 0.303 e. The van der Waals surface area contributed by atoms with E-state index in [2.05, 4.69) is 47.1 Å². The van der Waals surface area contributed by atoms with Gasteiger partial charge in [-0.25, -0.2) is 4.39 Å². The van der Waals surface area contributed by atoms with Crippen LogP contribution >= 0.6 is 0 Å². The summed E-state index contributed by atoms with van der Waals surface area (Å²) >= 11 is 0. The Kier molecular flexibility index (Phi) is 9.35. The number of halogens is 1. The van der Waals surface area contributed by atoms with Crippen molar-refractivity contribution < 1.29 is 19.0 Å². The van der Waals surface area contributed by atoms with Gasteiger partial charge in [0, 0.05) is 32.0 Å². The molecule has 1 N–H and O–H groups in total. The van der Waals surface area contributed by atoms with E-state index in [1.54, 1.807) is 6.92 Å². The van der Waals surface area contributed by atoms with Crippen LogP contribution in [-0.2, 0) is 17.9 Å². The van der Waals surface area contributed by atoms with Crippen LogP contribution in [0.25, 0.3) is 5.57 Å². The molecule has 0 aliphatic carbocycles. The van der Waals surface area contributed by atoms with E-state index in [1.165, 1.54) is 23.3 Å². The second-order valence-electron chi connectivity index (χ2n) is 9.84. The zero-order chi connectivity index (χ0) is 26.9. The van der Waals surface area contributed by atoms with Crippen molar-refractivity contribution in [1.29, 1.82) is 0 Å². The highest BCUT2D eigenvalue weighted by molar-refractivity contribution is 5.67. The number of hydrogen-bond donors (Lipinski definition) is 1. The molecule has 0 bridgehead atoms. The lowest BCUT2D eigenvalue weighted by Crippen LogP contribution is -2.28. The number of aliphatic carboxylic acids is 1. The lowest BCUT2D eigenvalue weighted by molar-refractivity contribution is -0.138. The van der Waals surface area contributed by atoms with Gasteiger partial charge in [-0.1, -0.05) is 67.5 Å². The van der Waals surface area contributed by atoms with Crippen LogP contribution < -0.4 is 4.74 Å². The molecule has 1 heterocycles. The average Bonchev–Trinajstić information content (AvgIpc) is 2.92. The molecule has 0 saturated carbocycles. The summed E-state index contributed by atoms with van der Waals surface area (Å²) in [4.78, 5) is 13.5. The lowest BCUT2D eigenvalue weighted by Gasteiger charge is -2.26. The Hall–Kier alpha value is -3.88. The van der Waals surface area contributed by atoms with Crippen LogP contribution in [0.2, 0.25) is 0 Å². The van der Waals surface area contributed by atoms with Crippen molar-refractivity contribution >= 4 is 11.5 Å². The van der Waals surface area contributed by atoms with Gasteiger partial charge in [0.1, 0.15) is 18.2 Å². The van der Waals surface area contributed by atoms with Crippen LogP contribution in [-0.4, -0.2) is 29.1 Å². The van der Waals surface area contributed by atoms with Crippen molar-refractivity contribution in [2.24, 2.45) is 5.92 Å². The smallest absolute Gasteiger partial charge is 0.303 e. The van der Waals surface area contributed by atoms with E-state index in [-0.39, 0.29) is 24.1 Å². The Balaban J connectivity index is 1.27. The second-order valence-corrected chi connectivity index (χ2v) is 9.84. The fourth-order valence-electron chi connectivity index (χ4n) is 4.82. The fraction of sp³-hybridized carbons (Fsp3) is 0.303. The summed E-state index contributed by atoms with van der Waals surface area (Å²) in [6.45, 7) is 6.92. The standard InChI is InChI=1S/C33H34FNO3/c1-3-4-32(24(2)21-33(36)37)29-11-15-31(16-12-29)38-23-26-7-5-25(6-8-26)22-35-19-17-28(18-20-35)27-9-13-30(34)14-10-27/h5-17,24,32H,18-23H2,1-2H3,(H,36,37)/t24?,32-/m0/s1. The highest BCUT2D eigenvalue weighted by Crippen LogP contribution is 2.28. The summed E-state index contributed by atoms with van der Waals surface area (Å²) in [7, 11) is 0. The first kappa shape index (κ1) is 27.2. The van der Waals surface area contributed by atoms with E-state index < -0.39 is 5.97 Å². The predicted molar refractivity (Wildman–Crippen MR) is 149 cm³/mol. The number of rotatable bonds is 10. The van der Waals surface area contributed by atoms with Gasteiger partial charge in [-0.05, 0) is 71.4 Å². The summed E-state index contributed by atoms with van der Waals surface area (Å²) in [6, 6.07) is 23.1. The highest BCUT2D eigenvalue weighted by Gasteiger charge is 2.20. The number of carboxylic acids is 1. The van der Waals surface area contributed by atoms with Crippen LogP contribution in [0.3, 0.4) is 0 Å². The molecule has 38 heavy (non-hydrogen) atoms. The van der Waals surface area contributed by atoms with Crippen molar-refractivity contribution in [2.45, 2.75) is 45.8 Å². The Morgan fingerprint density at radius 1 is 1.03 bits per heavy atom. The average molecular weight is 512 g/mol. The third kappa shape index (κ3) is 7.57. The Labute approximate surface area is 224 Å². The van der Waals surface area contributed by atoms with Crippen LogP contribution in [0.15, 0.2) is 78.9 Å². The van der Waals surface area contributed by atoms with Crippen molar-refractivity contribution in [3.63, 3.8) is 0 Å². The molecule has 0 fully saturated rings. The number of ether oxygens (including phenoxy) is 1. The molecule has 3 aromatic rings. The first-order valence-corrected chi connectivity index (χ1v) is 13.0. The first-order chi connectivity index (χ1) is 18.4. The van der Waals surface area contributed by atoms with Crippen molar-refractivity contribution in [3.05, 3.63) is 107 Å². The fourth-order valence-corrected chi connectivity index (χ4v) is 4.82. The van der Waals surface area contributed by atoms with Crippen LogP contribution in [0.1, 0.15) is 54.9 Å². The Bertz CT molecular complexity index is 1300. The number of nitrogens with zero attached hydrogens (tertiary/aromatic N) is 1. The topological polar surface area (TPSA) is 49.8 Å². The molecule has 1 aliphatic rings. The van der Waals surface area contributed by atoms with E-state index in [0.29, 0.717) is 6.61 Å². The van der Waals surface area contributed by atoms with Gasteiger partial charge in [0.2, 0.25) is 0 Å². The van der Waals surface area contributed by atoms with Gasteiger partial charge in [0.15, 0.2) is 0 Å². The normalized spacial score (nSPS) is 15.1. The second kappa shape index (κ2) is 13.1. The van der Waals surface area contributed by atoms with Crippen LogP contribution in [0.5, 0.6) is 5.75 Å². The molecule has 196 valence electrons. The number of carbonyl (C=O) groups is 1. The van der Waals surface area contributed by atoms with E-state index in [0.717, 1.165) is 48.5 Å². The van der Waals surface area contributed by atoms with Crippen molar-refractivity contribution in [2.75, 3.05) is 13.1 Å². The monoisotopic (exact) mass is 511 g/mol. The lowest BCUT2D eigenvalue weighted by atomic mass is 9.85. The molecule has 4 nitrogen and oxygen atoms in total. The van der Waals surface area contributed by atoms with Crippen LogP contribution in [0, 0.1) is 23.6 Å². The summed E-state index contributed by atoms with van der Waals surface area (Å²) in [5.74, 6) is 5.64. The summed E-state index contributed by atoms with van der Waals surface area (Å²) < 4.78 is 19.2. The molecule has 1 aliphatic heterocycles. The summed E-state index contributed by atoms with van der Waals surface area (Å²) in [5, 5.41) is 9.14. The number of hydrogen-bond acceptors (Lipinski definition) is 3. The molecule has 5 heteroatoms. The SMILES string of the molecule is CC#C[C@H](c1ccc(OCc2ccc(CN3CC=C(c4ccc(F)cc4)CC3)cc2)cc1)C(C)CC(=O)O. The van der Waals surface area contributed by atoms with Gasteiger partial charge in [-0.3, -0.25) is 9.69 Å². The third-order valence-corrected chi connectivity index (χ3v) is 6.95. The molecule has 0 saturated heterocycles. The molecule has 0 amide bonds. The maximum absolute atomic E-state index is 13.2. The molecule has 1 unspecified atom stereocenters. The van der Waals surface area contributed by atoms with Gasteiger partial charge < -0.3 is 9.84 Å². The quantitative estimate of drug-likeness (QED) is 0.301. The third-order valence-electron chi connectivity index (χ3n) is 6.95. The minimum atomic E-state index is -0.810. The van der Waals surface area contributed by atoms with Gasteiger partial charge in [0.25, 0.3) is 0 Å². The summed E-state index contributed by atoms with van der Waals surface area (Å²) in [6.07, 6.45) is 3.29. The van der Waals surface area contributed by atoms with Crippen LogP contribution in [0.4, 0.5) is 4.39 Å². The minimum Gasteiger partial charge on any atom is -0.489 e. The summed E-state index contributed by atoms with van der Waals surface area (Å²) in [5.41, 5.74) is 5.75. The predicted octanol–water partition coefficient (Wildman–Crippen LogP) is 6.91. The molecular formula is C33H34FNO3. The van der Waals surface area contributed by atoms with E-state index in [9.17, 15) is 9.18 Å². The van der Waals surface area contributed by atoms with Gasteiger partial charge in [-0.2, -0.15) is 0 Å². The van der Waals surface area contributed by atoms with Gasteiger partial charge in [0.05, 0.1) is 0 Å². The zero-order valence-corrected chi connectivity index (χ0v) is 22.0. The number of benzene rings is 3. The van der Waals surface area contributed by atoms with E-state index >= 15 is 0 Å². The highest BCUT2D eigenvalue weighted by atomic mass is 19.1. The number of carboxylic acid groups (broad SMARTS) is 1. The van der Waals surface area contributed by atoms with E-state index in [1.807, 2.05) is 43.3 Å². The molecular weight excluding hydrogens is 477 g/mol. The Morgan fingerprint density at radius 3 is 2.32 bits per heavy atom. The molecule has 3 aromatic carbocycles. The molecule has 0 spiro atoms. The van der Waals surface area contributed by atoms with Gasteiger partial charge in [-0.15, -0.1) is 5.92 Å². The zero-order valence-electron chi connectivity index (χ0n) is 22.0. The largest absolute Gasteiger partial charge is 0.489 e. The first-order valence-electron chi connectivity index (χ1n) is 13.0. The Morgan fingerprint density at radius 2 is 1.71 bits per heavy atom. The van der Waals surface area contributed by atoms with E-state index in [4.69, 9.17) is 9.84 Å². The van der Waals surface area contributed by atoms with Crippen molar-refractivity contribution in [3.8, 4) is 17.6 Å². The minimum absolute atomic E-state index is 0.0805. The molecule has 0 radical (unpaired) electrons. The molecule has 2 atom stereocenters. The molecule has 4 rings (SSSR count). The maximum atomic E-state index is 13.2.